The number of fused-ring (bicyclic) bond motifs is 1. The first-order chi connectivity index (χ1) is 11.5. The Morgan fingerprint density at radius 3 is 2.67 bits per heavy atom. The summed E-state index contributed by atoms with van der Waals surface area (Å²) in [5, 5.41) is 3.40. The number of para-hydroxylation sites is 1. The monoisotopic (exact) mass is 405 g/mol. The smallest absolute Gasteiger partial charge is 0.287 e. The van der Waals surface area contributed by atoms with Gasteiger partial charge in [-0.3, -0.25) is 9.59 Å². The summed E-state index contributed by atoms with van der Waals surface area (Å²) < 4.78 is 6.51. The fourth-order valence-corrected chi connectivity index (χ4v) is 2.79. The number of hydrogen-bond acceptors (Lipinski definition) is 3. The topological polar surface area (TPSA) is 59.3 Å². The number of rotatable bonds is 4. The molecule has 4 nitrogen and oxygen atoms in total. The Balaban J connectivity index is 1.73. The molecule has 1 N–H and O–H groups in total. The number of carbonyl (C=O) groups excluding carboxylic acids is 1. The van der Waals surface area contributed by atoms with Crippen LogP contribution in [0, 0.1) is 0 Å². The average Bonchev–Trinajstić information content (AvgIpc) is 2.57. The van der Waals surface area contributed by atoms with Gasteiger partial charge >= 0.3 is 0 Å². The minimum atomic E-state index is -0.439. The molecule has 1 heterocycles. The van der Waals surface area contributed by atoms with E-state index in [1.807, 2.05) is 24.3 Å². The quantitative estimate of drug-likeness (QED) is 0.707. The third-order valence-electron chi connectivity index (χ3n) is 3.54. The van der Waals surface area contributed by atoms with Crippen LogP contribution in [0.1, 0.15) is 16.1 Å². The van der Waals surface area contributed by atoms with E-state index in [1.54, 1.807) is 18.2 Å². The van der Waals surface area contributed by atoms with Crippen molar-refractivity contribution < 1.29 is 9.21 Å². The van der Waals surface area contributed by atoms with Gasteiger partial charge in [-0.05, 0) is 36.2 Å². The minimum Gasteiger partial charge on any atom is -0.449 e. The van der Waals surface area contributed by atoms with Gasteiger partial charge in [-0.25, -0.2) is 0 Å². The zero-order valence-electron chi connectivity index (χ0n) is 12.5. The van der Waals surface area contributed by atoms with Crippen LogP contribution in [0.15, 0.2) is 62.2 Å². The molecule has 2 aromatic carbocycles. The first-order valence-electron chi connectivity index (χ1n) is 7.29. The summed E-state index contributed by atoms with van der Waals surface area (Å²) in [6, 6.07) is 13.9. The van der Waals surface area contributed by atoms with Crippen molar-refractivity contribution in [3.8, 4) is 0 Å². The Morgan fingerprint density at radius 2 is 1.92 bits per heavy atom. The van der Waals surface area contributed by atoms with Gasteiger partial charge in [0, 0.05) is 17.1 Å². The molecule has 0 fully saturated rings. The van der Waals surface area contributed by atoms with E-state index in [0.29, 0.717) is 23.4 Å². The van der Waals surface area contributed by atoms with E-state index in [0.717, 1.165) is 10.0 Å². The highest BCUT2D eigenvalue weighted by Gasteiger charge is 2.13. The van der Waals surface area contributed by atoms with Crippen LogP contribution in [0.25, 0.3) is 11.0 Å². The van der Waals surface area contributed by atoms with Crippen LogP contribution < -0.4 is 10.7 Å². The lowest BCUT2D eigenvalue weighted by Crippen LogP contribution is -2.26. The van der Waals surface area contributed by atoms with E-state index < -0.39 is 5.91 Å². The maximum Gasteiger partial charge on any atom is 0.287 e. The summed E-state index contributed by atoms with van der Waals surface area (Å²) in [6.45, 7) is 0.435. The molecule has 0 saturated heterocycles. The van der Waals surface area contributed by atoms with E-state index in [9.17, 15) is 9.59 Å². The Morgan fingerprint density at radius 1 is 1.17 bits per heavy atom. The van der Waals surface area contributed by atoms with Crippen molar-refractivity contribution in [2.45, 2.75) is 6.42 Å². The van der Waals surface area contributed by atoms with Crippen LogP contribution in [0.4, 0.5) is 0 Å². The fraction of sp³-hybridized carbons (Fsp3) is 0.111. The summed E-state index contributed by atoms with van der Waals surface area (Å²) in [4.78, 5) is 24.3. The van der Waals surface area contributed by atoms with Crippen molar-refractivity contribution >= 4 is 44.4 Å². The third kappa shape index (κ3) is 3.68. The highest BCUT2D eigenvalue weighted by Crippen LogP contribution is 2.21. The van der Waals surface area contributed by atoms with Crippen molar-refractivity contribution in [3.63, 3.8) is 0 Å². The van der Waals surface area contributed by atoms with Crippen molar-refractivity contribution in [2.24, 2.45) is 0 Å². The Labute approximate surface area is 151 Å². The zero-order valence-corrected chi connectivity index (χ0v) is 14.9. The summed E-state index contributed by atoms with van der Waals surface area (Å²) in [7, 11) is 0. The van der Waals surface area contributed by atoms with Gasteiger partial charge < -0.3 is 9.73 Å². The van der Waals surface area contributed by atoms with Gasteiger partial charge in [-0.15, -0.1) is 0 Å². The van der Waals surface area contributed by atoms with Crippen molar-refractivity contribution in [3.05, 3.63) is 79.6 Å². The molecule has 0 saturated carbocycles. The van der Waals surface area contributed by atoms with Crippen molar-refractivity contribution in [2.75, 3.05) is 6.54 Å². The van der Waals surface area contributed by atoms with E-state index in [4.69, 9.17) is 16.0 Å². The van der Waals surface area contributed by atoms with Gasteiger partial charge in [0.2, 0.25) is 0 Å². The van der Waals surface area contributed by atoms with E-state index in [2.05, 4.69) is 21.2 Å². The molecule has 122 valence electrons. The second-order valence-corrected chi connectivity index (χ2v) is 6.55. The van der Waals surface area contributed by atoms with E-state index in [1.165, 1.54) is 6.07 Å². The lowest BCUT2D eigenvalue weighted by molar-refractivity contribution is 0.0927. The molecule has 0 aliphatic heterocycles. The molecule has 0 atom stereocenters. The van der Waals surface area contributed by atoms with Crippen LogP contribution in [-0.2, 0) is 6.42 Å². The van der Waals surface area contributed by atoms with Crippen molar-refractivity contribution in [1.29, 1.82) is 0 Å². The molecule has 0 bridgehead atoms. The van der Waals surface area contributed by atoms with Crippen LogP contribution in [0.2, 0.25) is 5.02 Å². The number of hydrogen-bond donors (Lipinski definition) is 1. The molecule has 24 heavy (non-hydrogen) atoms. The predicted octanol–water partition coefficient (Wildman–Crippen LogP) is 4.18. The highest BCUT2D eigenvalue weighted by atomic mass is 79.9. The molecule has 3 rings (SSSR count). The van der Waals surface area contributed by atoms with Crippen LogP contribution in [0.5, 0.6) is 0 Å². The molecule has 3 aromatic rings. The van der Waals surface area contributed by atoms with Crippen molar-refractivity contribution in [1.82, 2.24) is 5.32 Å². The predicted molar refractivity (Wildman–Crippen MR) is 97.7 cm³/mol. The van der Waals surface area contributed by atoms with Crippen LogP contribution in [0.3, 0.4) is 0 Å². The second-order valence-electron chi connectivity index (χ2n) is 5.22. The maximum absolute atomic E-state index is 12.2. The summed E-state index contributed by atoms with van der Waals surface area (Å²) in [6.07, 6.45) is 0.678. The molecule has 0 aliphatic carbocycles. The molecule has 1 aromatic heterocycles. The Kier molecular flexibility index (Phi) is 5.02. The Hall–Kier alpha value is -2.11. The number of amides is 1. The second kappa shape index (κ2) is 7.20. The largest absolute Gasteiger partial charge is 0.449 e. The third-order valence-corrected chi connectivity index (χ3v) is 4.37. The van der Waals surface area contributed by atoms with Gasteiger partial charge in [0.25, 0.3) is 5.91 Å². The average molecular weight is 407 g/mol. The van der Waals surface area contributed by atoms with Gasteiger partial charge in [0.1, 0.15) is 0 Å². The van der Waals surface area contributed by atoms with Gasteiger partial charge in [0.15, 0.2) is 16.8 Å². The number of benzene rings is 2. The molecule has 1 amide bonds. The standard InChI is InChI=1S/C18H13BrClNO3/c19-12-6-4-11(5-7-12)8-9-21-18(23)16-10-15(22)13-2-1-3-14(20)17(13)24-16/h1-7,10H,8-9H2,(H,21,23). The molecule has 0 aliphatic rings. The maximum atomic E-state index is 12.2. The van der Waals surface area contributed by atoms with Gasteiger partial charge in [-0.1, -0.05) is 45.7 Å². The summed E-state index contributed by atoms with van der Waals surface area (Å²) in [5.41, 5.74) is 1.03. The lowest BCUT2D eigenvalue weighted by atomic mass is 10.1. The van der Waals surface area contributed by atoms with Crippen LogP contribution in [-0.4, -0.2) is 12.5 Å². The normalized spacial score (nSPS) is 10.8. The molecule has 0 unspecified atom stereocenters. The van der Waals surface area contributed by atoms with Crippen LogP contribution >= 0.6 is 27.5 Å². The van der Waals surface area contributed by atoms with E-state index in [-0.39, 0.29) is 16.8 Å². The Bertz CT molecular complexity index is 951. The number of carbonyl (C=O) groups is 1. The summed E-state index contributed by atoms with van der Waals surface area (Å²) in [5.74, 6) is -0.484. The number of nitrogens with one attached hydrogen (secondary N) is 1. The van der Waals surface area contributed by atoms with E-state index >= 15 is 0 Å². The zero-order chi connectivity index (χ0) is 17.1. The van der Waals surface area contributed by atoms with Gasteiger partial charge in [-0.2, -0.15) is 0 Å². The number of halogens is 2. The van der Waals surface area contributed by atoms with Gasteiger partial charge in [0.05, 0.1) is 10.4 Å². The fourth-order valence-electron chi connectivity index (χ4n) is 2.31. The molecule has 6 heteroatoms. The molecular weight excluding hydrogens is 394 g/mol. The summed E-state index contributed by atoms with van der Waals surface area (Å²) >= 11 is 9.41. The minimum absolute atomic E-state index is 0.0450. The first kappa shape index (κ1) is 16.7. The first-order valence-corrected chi connectivity index (χ1v) is 8.47. The molecule has 0 spiro atoms. The molecule has 0 radical (unpaired) electrons. The SMILES string of the molecule is O=C(NCCc1ccc(Br)cc1)c1cc(=O)c2cccc(Cl)c2o1. The lowest BCUT2D eigenvalue weighted by Gasteiger charge is -2.06. The highest BCUT2D eigenvalue weighted by molar-refractivity contribution is 9.10. The molecular formula is C18H13BrClNO3.